The molecule has 22 heavy (non-hydrogen) atoms. The molecule has 3 nitrogen and oxygen atoms in total. The van der Waals surface area contributed by atoms with Gasteiger partial charge in [-0.25, -0.2) is 0 Å². The van der Waals surface area contributed by atoms with E-state index < -0.39 is 0 Å². The van der Waals surface area contributed by atoms with E-state index in [-0.39, 0.29) is 11.9 Å². The topological polar surface area (TPSA) is 33.5 Å². The maximum absolute atomic E-state index is 12.7. The third-order valence-electron chi connectivity index (χ3n) is 5.64. The van der Waals surface area contributed by atoms with Crippen molar-refractivity contribution in [3.05, 3.63) is 28.3 Å². The van der Waals surface area contributed by atoms with Crippen molar-refractivity contribution < 1.29 is 9.69 Å². The van der Waals surface area contributed by atoms with E-state index >= 15 is 0 Å². The number of hydrogen-bond acceptors (Lipinski definition) is 1. The molecule has 0 aliphatic heterocycles. The van der Waals surface area contributed by atoms with Crippen LogP contribution in [-0.2, 0) is 30.5 Å². The number of rotatable bonds is 5. The van der Waals surface area contributed by atoms with Crippen molar-refractivity contribution in [2.75, 3.05) is 18.4 Å². The van der Waals surface area contributed by atoms with Crippen LogP contribution >= 0.6 is 0 Å². The van der Waals surface area contributed by atoms with Gasteiger partial charge in [-0.2, -0.15) is 0 Å². The molecular weight excluding hydrogens is 272 g/mol. The van der Waals surface area contributed by atoms with Crippen LogP contribution in [0.3, 0.4) is 0 Å². The van der Waals surface area contributed by atoms with Crippen LogP contribution in [0.5, 0.6) is 0 Å². The summed E-state index contributed by atoms with van der Waals surface area (Å²) in [7, 11) is 0. The summed E-state index contributed by atoms with van der Waals surface area (Å²) in [6.45, 7) is 8.36. The molecule has 0 saturated heterocycles. The van der Waals surface area contributed by atoms with Gasteiger partial charge in [0.1, 0.15) is 0 Å². The van der Waals surface area contributed by atoms with Crippen molar-refractivity contribution in [2.45, 2.75) is 65.3 Å². The Labute approximate surface area is 134 Å². The second-order valence-corrected chi connectivity index (χ2v) is 6.81. The molecule has 3 heteroatoms. The summed E-state index contributed by atoms with van der Waals surface area (Å²) >= 11 is 0. The maximum atomic E-state index is 12.7. The highest BCUT2D eigenvalue weighted by Gasteiger charge is 2.28. The Bertz CT molecular complexity index is 543. The number of aryl methyl sites for hydroxylation is 2. The molecule has 0 radical (unpaired) electrons. The van der Waals surface area contributed by atoms with Crippen molar-refractivity contribution in [3.63, 3.8) is 0 Å². The smallest absolute Gasteiger partial charge is 0.282 e. The maximum Gasteiger partial charge on any atom is 0.282 e. The molecular formula is C19H29N2O+. The molecule has 3 rings (SSSR count). The van der Waals surface area contributed by atoms with Gasteiger partial charge in [-0.15, -0.1) is 0 Å². The molecule has 0 fully saturated rings. The Hall–Kier alpha value is -1.35. The zero-order valence-corrected chi connectivity index (χ0v) is 14.2. The van der Waals surface area contributed by atoms with Crippen LogP contribution in [-0.4, -0.2) is 25.0 Å². The molecule has 0 saturated carbocycles. The number of hydrogen-bond donors (Lipinski definition) is 2. The van der Waals surface area contributed by atoms with Crippen molar-refractivity contribution in [1.82, 2.24) is 0 Å². The zero-order valence-electron chi connectivity index (χ0n) is 14.2. The van der Waals surface area contributed by atoms with Crippen molar-refractivity contribution in [1.29, 1.82) is 0 Å². The zero-order chi connectivity index (χ0) is 15.7. The van der Waals surface area contributed by atoms with Gasteiger partial charge in [-0.3, -0.25) is 4.79 Å². The normalized spacial score (nSPS) is 17.5. The summed E-state index contributed by atoms with van der Waals surface area (Å²) in [6, 6.07) is 2.43. The molecule has 0 bridgehead atoms. The molecule has 2 aliphatic rings. The van der Waals surface area contributed by atoms with Gasteiger partial charge in [0.05, 0.1) is 13.1 Å². The van der Waals surface area contributed by atoms with E-state index in [0.717, 1.165) is 25.9 Å². The van der Waals surface area contributed by atoms with Gasteiger partial charge in [0.15, 0.2) is 6.04 Å². The first kappa shape index (κ1) is 15.5. The van der Waals surface area contributed by atoms with Gasteiger partial charge in [0, 0.05) is 5.69 Å². The number of anilines is 1. The lowest BCUT2D eigenvalue weighted by molar-refractivity contribution is -0.910. The number of carbonyl (C=O) groups excluding carboxylic acids is 1. The third kappa shape index (κ3) is 2.67. The minimum absolute atomic E-state index is 0.0179. The lowest BCUT2D eigenvalue weighted by atomic mass is 9.98. The number of benzene rings is 1. The fourth-order valence-electron chi connectivity index (χ4n) is 4.25. The summed E-state index contributed by atoms with van der Waals surface area (Å²) in [6.07, 6.45) is 7.09. The van der Waals surface area contributed by atoms with Crippen LogP contribution in [0.4, 0.5) is 5.69 Å². The second-order valence-electron chi connectivity index (χ2n) is 6.81. The minimum atomic E-state index is 0.0179. The highest BCUT2D eigenvalue weighted by molar-refractivity contribution is 5.95. The first-order valence-electron chi connectivity index (χ1n) is 8.97. The molecule has 0 spiro atoms. The molecule has 1 aromatic rings. The second kappa shape index (κ2) is 6.41. The van der Waals surface area contributed by atoms with Crippen LogP contribution in [0.2, 0.25) is 0 Å². The van der Waals surface area contributed by atoms with Gasteiger partial charge >= 0.3 is 0 Å². The Morgan fingerprint density at radius 3 is 2.14 bits per heavy atom. The van der Waals surface area contributed by atoms with Crippen LogP contribution in [0, 0.1) is 0 Å². The van der Waals surface area contributed by atoms with Crippen LogP contribution in [0.25, 0.3) is 0 Å². The van der Waals surface area contributed by atoms with E-state index in [0.29, 0.717) is 0 Å². The number of likely N-dealkylation sites (N-methyl/N-ethyl adjacent to an activating group) is 1. The molecule has 2 N–H and O–H groups in total. The number of carbonyl (C=O) groups is 1. The molecule has 0 unspecified atom stereocenters. The summed E-state index contributed by atoms with van der Waals surface area (Å²) < 4.78 is 0. The first-order valence-corrected chi connectivity index (χ1v) is 8.97. The predicted molar refractivity (Wildman–Crippen MR) is 90.6 cm³/mol. The van der Waals surface area contributed by atoms with Crippen LogP contribution in [0.1, 0.15) is 55.9 Å². The Morgan fingerprint density at radius 2 is 1.64 bits per heavy atom. The van der Waals surface area contributed by atoms with Gasteiger partial charge < -0.3 is 10.2 Å². The number of nitrogens with one attached hydrogen (secondary N) is 2. The predicted octanol–water partition coefficient (Wildman–Crippen LogP) is 1.92. The fourth-order valence-corrected chi connectivity index (χ4v) is 4.25. The van der Waals surface area contributed by atoms with E-state index in [2.05, 4.69) is 32.2 Å². The van der Waals surface area contributed by atoms with Gasteiger partial charge in [0.2, 0.25) is 0 Å². The minimum Gasteiger partial charge on any atom is -0.325 e. The highest BCUT2D eigenvalue weighted by Crippen LogP contribution is 2.38. The summed E-state index contributed by atoms with van der Waals surface area (Å²) in [5.74, 6) is 0.188. The lowest BCUT2D eigenvalue weighted by Crippen LogP contribution is -3.16. The molecule has 0 aromatic heterocycles. The molecule has 2 aliphatic carbocycles. The van der Waals surface area contributed by atoms with E-state index in [1.54, 1.807) is 0 Å². The summed E-state index contributed by atoms with van der Waals surface area (Å²) in [5.41, 5.74) is 7.01. The Morgan fingerprint density at radius 1 is 1.09 bits per heavy atom. The van der Waals surface area contributed by atoms with Crippen molar-refractivity contribution >= 4 is 11.6 Å². The third-order valence-corrected chi connectivity index (χ3v) is 5.64. The molecule has 0 heterocycles. The van der Waals surface area contributed by atoms with E-state index in [1.165, 1.54) is 58.5 Å². The molecule has 1 aromatic carbocycles. The van der Waals surface area contributed by atoms with Gasteiger partial charge in [0.25, 0.3) is 5.91 Å². The van der Waals surface area contributed by atoms with Crippen molar-refractivity contribution in [3.8, 4) is 0 Å². The van der Waals surface area contributed by atoms with Crippen LogP contribution < -0.4 is 10.2 Å². The van der Waals surface area contributed by atoms with E-state index in [9.17, 15) is 4.79 Å². The Kier molecular flexibility index (Phi) is 4.53. The lowest BCUT2D eigenvalue weighted by Gasteiger charge is -2.24. The van der Waals surface area contributed by atoms with Gasteiger partial charge in [-0.05, 0) is 81.5 Å². The molecule has 120 valence electrons. The number of quaternary nitrogens is 1. The van der Waals surface area contributed by atoms with Crippen LogP contribution in [0.15, 0.2) is 6.07 Å². The van der Waals surface area contributed by atoms with E-state index in [4.69, 9.17) is 0 Å². The summed E-state index contributed by atoms with van der Waals surface area (Å²) in [5, 5.41) is 3.33. The fraction of sp³-hybridized carbons (Fsp3) is 0.632. The molecule has 1 amide bonds. The first-order chi connectivity index (χ1) is 10.7. The van der Waals surface area contributed by atoms with E-state index in [1.807, 2.05) is 0 Å². The summed E-state index contributed by atoms with van der Waals surface area (Å²) in [4.78, 5) is 14.1. The highest BCUT2D eigenvalue weighted by atomic mass is 16.2. The Balaban J connectivity index is 1.88. The monoisotopic (exact) mass is 301 g/mol. The number of amides is 1. The SMILES string of the molecule is CC[NH+](CC)[C@@H](C)C(=O)Nc1c2c(cc3c1CCC3)CCC2. The van der Waals surface area contributed by atoms with Gasteiger partial charge in [-0.1, -0.05) is 6.07 Å². The van der Waals surface area contributed by atoms with Crippen molar-refractivity contribution in [2.24, 2.45) is 0 Å². The largest absolute Gasteiger partial charge is 0.325 e. The quantitative estimate of drug-likeness (QED) is 0.856. The average Bonchev–Trinajstić information content (AvgIpc) is 3.16. The average molecular weight is 301 g/mol. The standard InChI is InChI=1S/C19H28N2O/c1-4-21(5-2)13(3)19(22)20-18-16-10-6-8-14(16)12-15-9-7-11-17(15)18/h12-13H,4-11H2,1-3H3,(H,20,22)/p+1/t13-/m0/s1. The number of fused-ring (bicyclic) bond motifs is 2. The molecule has 1 atom stereocenters.